The predicted molar refractivity (Wildman–Crippen MR) is 109 cm³/mol. The third-order valence-electron chi connectivity index (χ3n) is 5.09. The molecule has 1 aliphatic heterocycles. The third kappa shape index (κ3) is 4.03. The molecule has 1 saturated heterocycles. The Bertz CT molecular complexity index is 1070. The van der Waals surface area contributed by atoms with Gasteiger partial charge in [0.25, 0.3) is 0 Å². The zero-order valence-electron chi connectivity index (χ0n) is 16.2. The minimum atomic E-state index is -0.822. The first-order valence-electron chi connectivity index (χ1n) is 9.83. The maximum atomic E-state index is 12.4. The molecular formula is C22H24N2O5. The number of benzene rings is 1. The Labute approximate surface area is 167 Å². The molecule has 3 aromatic rings. The molecule has 7 heteroatoms. The number of unbranched alkanes of at least 4 members (excludes halogenated alkanes) is 1. The second-order valence-electron chi connectivity index (χ2n) is 7.23. The van der Waals surface area contributed by atoms with Crippen molar-refractivity contribution >= 4 is 17.2 Å². The van der Waals surface area contributed by atoms with Crippen molar-refractivity contribution in [3.8, 4) is 11.3 Å². The molecule has 152 valence electrons. The van der Waals surface area contributed by atoms with Gasteiger partial charge in [0.1, 0.15) is 18.1 Å². The van der Waals surface area contributed by atoms with Gasteiger partial charge in [0.2, 0.25) is 5.71 Å². The van der Waals surface area contributed by atoms with Gasteiger partial charge < -0.3 is 19.4 Å². The molecule has 3 atom stereocenters. The lowest BCUT2D eigenvalue weighted by atomic mass is 10.1. The molecule has 3 heterocycles. The maximum Gasteiger partial charge on any atom is 0.353 e. The number of aliphatic hydroxyl groups is 2. The van der Waals surface area contributed by atoms with Crippen molar-refractivity contribution in [3.63, 3.8) is 0 Å². The van der Waals surface area contributed by atoms with E-state index in [9.17, 15) is 15.0 Å². The van der Waals surface area contributed by atoms with Crippen LogP contribution in [0.15, 0.2) is 51.8 Å². The largest absolute Gasteiger partial charge is 0.437 e. The summed E-state index contributed by atoms with van der Waals surface area (Å²) in [4.78, 5) is 16.4. The van der Waals surface area contributed by atoms with Crippen molar-refractivity contribution < 1.29 is 19.4 Å². The van der Waals surface area contributed by atoms with Crippen LogP contribution in [-0.4, -0.2) is 38.6 Å². The fourth-order valence-electron chi connectivity index (χ4n) is 3.47. The van der Waals surface area contributed by atoms with Crippen LogP contribution in [-0.2, 0) is 4.74 Å². The molecule has 0 amide bonds. The van der Waals surface area contributed by atoms with E-state index < -0.39 is 24.1 Å². The quantitative estimate of drug-likeness (QED) is 0.664. The molecule has 0 aliphatic carbocycles. The molecule has 0 radical (unpaired) electrons. The van der Waals surface area contributed by atoms with E-state index in [0.717, 1.165) is 24.0 Å². The van der Waals surface area contributed by atoms with Crippen LogP contribution < -0.4 is 5.69 Å². The van der Waals surface area contributed by atoms with Gasteiger partial charge in [-0.05, 0) is 18.1 Å². The van der Waals surface area contributed by atoms with Crippen LogP contribution >= 0.6 is 0 Å². The Balaban J connectivity index is 1.61. The first-order chi connectivity index (χ1) is 14.1. The summed E-state index contributed by atoms with van der Waals surface area (Å²) >= 11 is 0. The number of hydrogen-bond donors (Lipinski definition) is 2. The maximum absolute atomic E-state index is 12.4. The SMILES string of the molecule is CCC/C=C/c1ccc(-c2cc3cn([C@H]4C[C@H](O)[C@@H](CO)O4)c(=O)nc3o2)cc1. The van der Waals surface area contributed by atoms with Crippen LogP contribution in [0, 0.1) is 0 Å². The second kappa shape index (κ2) is 8.32. The van der Waals surface area contributed by atoms with E-state index >= 15 is 0 Å². The van der Waals surface area contributed by atoms with Gasteiger partial charge >= 0.3 is 5.69 Å². The molecule has 1 fully saturated rings. The smallest absolute Gasteiger partial charge is 0.353 e. The monoisotopic (exact) mass is 396 g/mol. The zero-order valence-corrected chi connectivity index (χ0v) is 16.2. The van der Waals surface area contributed by atoms with Crippen molar-refractivity contribution in [1.82, 2.24) is 9.55 Å². The summed E-state index contributed by atoms with van der Waals surface area (Å²) in [6.45, 7) is 1.84. The van der Waals surface area contributed by atoms with E-state index in [4.69, 9.17) is 9.15 Å². The summed E-state index contributed by atoms with van der Waals surface area (Å²) in [5.41, 5.74) is 1.74. The lowest BCUT2D eigenvalue weighted by molar-refractivity contribution is -0.0457. The molecule has 0 spiro atoms. The molecule has 0 bridgehead atoms. The Kier molecular flexibility index (Phi) is 5.62. The van der Waals surface area contributed by atoms with E-state index in [-0.39, 0.29) is 18.7 Å². The van der Waals surface area contributed by atoms with Crippen LogP contribution in [0.2, 0.25) is 0 Å². The molecule has 0 unspecified atom stereocenters. The Morgan fingerprint density at radius 3 is 2.79 bits per heavy atom. The van der Waals surface area contributed by atoms with E-state index in [2.05, 4.69) is 24.1 Å². The minimum Gasteiger partial charge on any atom is -0.437 e. The summed E-state index contributed by atoms with van der Waals surface area (Å²) < 4.78 is 12.7. The average molecular weight is 396 g/mol. The van der Waals surface area contributed by atoms with E-state index in [1.165, 1.54) is 4.57 Å². The normalized spacial score (nSPS) is 22.1. The lowest BCUT2D eigenvalue weighted by Gasteiger charge is -2.13. The predicted octanol–water partition coefficient (Wildman–Crippen LogP) is 3.11. The fourth-order valence-corrected chi connectivity index (χ4v) is 3.47. The van der Waals surface area contributed by atoms with Gasteiger partial charge in [-0.25, -0.2) is 4.79 Å². The van der Waals surface area contributed by atoms with Crippen LogP contribution in [0.3, 0.4) is 0 Å². The molecule has 0 saturated carbocycles. The van der Waals surface area contributed by atoms with Crippen LogP contribution in [0.25, 0.3) is 28.5 Å². The van der Waals surface area contributed by atoms with Gasteiger partial charge in [-0.1, -0.05) is 49.8 Å². The highest BCUT2D eigenvalue weighted by atomic mass is 16.5. The number of hydrogen-bond acceptors (Lipinski definition) is 6. The van der Waals surface area contributed by atoms with Crippen LogP contribution in [0.5, 0.6) is 0 Å². The van der Waals surface area contributed by atoms with Gasteiger partial charge in [-0.2, -0.15) is 4.98 Å². The number of aromatic nitrogens is 2. The molecule has 2 N–H and O–H groups in total. The van der Waals surface area contributed by atoms with Crippen molar-refractivity contribution in [2.75, 3.05) is 6.61 Å². The highest BCUT2D eigenvalue weighted by molar-refractivity contribution is 5.79. The number of ether oxygens (including phenoxy) is 1. The molecule has 1 aromatic carbocycles. The Morgan fingerprint density at radius 1 is 1.31 bits per heavy atom. The third-order valence-corrected chi connectivity index (χ3v) is 5.09. The first kappa shape index (κ1) is 19.6. The zero-order chi connectivity index (χ0) is 20.4. The summed E-state index contributed by atoms with van der Waals surface area (Å²) in [5.74, 6) is 0.620. The standard InChI is InChI=1S/C22H24N2O5/c1-2-3-4-5-14-6-8-15(9-7-14)18-10-16-12-24(22(27)23-21(16)29-18)20-11-17(26)19(13-25)28-20/h4-10,12,17,19-20,25-26H,2-3,11,13H2,1H3/b5-4+/t17-,19+,20+/m0/s1. The molecule has 2 aromatic heterocycles. The van der Waals surface area contributed by atoms with Gasteiger partial charge in [0.05, 0.1) is 18.1 Å². The average Bonchev–Trinajstić information content (AvgIpc) is 3.30. The Hall–Kier alpha value is -2.74. The number of rotatable bonds is 6. The van der Waals surface area contributed by atoms with Crippen molar-refractivity contribution in [2.45, 2.75) is 44.6 Å². The number of furan rings is 1. The second-order valence-corrected chi connectivity index (χ2v) is 7.23. The molecule has 29 heavy (non-hydrogen) atoms. The van der Waals surface area contributed by atoms with E-state index in [1.807, 2.05) is 30.3 Å². The Morgan fingerprint density at radius 2 is 2.10 bits per heavy atom. The van der Waals surface area contributed by atoms with E-state index in [0.29, 0.717) is 11.1 Å². The van der Waals surface area contributed by atoms with Crippen molar-refractivity contribution in [3.05, 3.63) is 58.7 Å². The van der Waals surface area contributed by atoms with Crippen LogP contribution in [0.1, 0.15) is 38.0 Å². The van der Waals surface area contributed by atoms with Crippen molar-refractivity contribution in [1.29, 1.82) is 0 Å². The number of fused-ring (bicyclic) bond motifs is 1. The highest BCUT2D eigenvalue weighted by Gasteiger charge is 2.35. The first-order valence-corrected chi connectivity index (χ1v) is 9.83. The summed E-state index contributed by atoms with van der Waals surface area (Å²) in [6.07, 6.45) is 6.06. The van der Waals surface area contributed by atoms with E-state index in [1.54, 1.807) is 6.20 Å². The molecule has 4 rings (SSSR count). The van der Waals surface area contributed by atoms with Gasteiger partial charge in [-0.3, -0.25) is 4.57 Å². The number of allylic oxidation sites excluding steroid dienone is 1. The number of nitrogens with zero attached hydrogens (tertiary/aromatic N) is 2. The number of aliphatic hydroxyl groups excluding tert-OH is 2. The molecule has 1 aliphatic rings. The fraction of sp³-hybridized carbons (Fsp3) is 0.364. The summed E-state index contributed by atoms with van der Waals surface area (Å²) in [5, 5.41) is 19.8. The van der Waals surface area contributed by atoms with Crippen molar-refractivity contribution in [2.24, 2.45) is 0 Å². The highest BCUT2D eigenvalue weighted by Crippen LogP contribution is 2.30. The van der Waals surface area contributed by atoms with Gasteiger partial charge in [-0.15, -0.1) is 0 Å². The van der Waals surface area contributed by atoms with Crippen LogP contribution in [0.4, 0.5) is 0 Å². The molecular weight excluding hydrogens is 372 g/mol. The molecule has 7 nitrogen and oxygen atoms in total. The minimum absolute atomic E-state index is 0.218. The topological polar surface area (TPSA) is 97.7 Å². The lowest BCUT2D eigenvalue weighted by Crippen LogP contribution is -2.27. The summed E-state index contributed by atoms with van der Waals surface area (Å²) in [7, 11) is 0. The van der Waals surface area contributed by atoms with Gasteiger partial charge in [0, 0.05) is 18.2 Å². The summed E-state index contributed by atoms with van der Waals surface area (Å²) in [6, 6.07) is 9.80. The van der Waals surface area contributed by atoms with Gasteiger partial charge in [0.15, 0.2) is 0 Å².